The molecule has 174 valence electrons. The minimum Gasteiger partial charge on any atom is -0.326 e. The van der Waals surface area contributed by atoms with Crippen LogP contribution in [0.15, 0.2) is 59.8 Å². The molecule has 0 bridgehead atoms. The summed E-state index contributed by atoms with van der Waals surface area (Å²) in [4.78, 5) is 27.7. The molecule has 34 heavy (non-hydrogen) atoms. The fourth-order valence-electron chi connectivity index (χ4n) is 4.33. The number of alkyl halides is 3. The van der Waals surface area contributed by atoms with E-state index in [0.717, 1.165) is 29.9 Å². The molecule has 1 fully saturated rings. The summed E-state index contributed by atoms with van der Waals surface area (Å²) >= 11 is 0. The third-order valence-electron chi connectivity index (χ3n) is 6.17. The lowest BCUT2D eigenvalue weighted by molar-refractivity contribution is -0.137. The smallest absolute Gasteiger partial charge is 0.326 e. The number of carbonyl (C=O) groups is 2. The SMILES string of the molecule is N#Cc1ccc(C2NC(=O)N(c3cccc(C(F)(F)F)c3)C3=C2C(=O)NN(CC2CC2)C3)cc1. The minimum absolute atomic E-state index is 0.0270. The third-order valence-corrected chi connectivity index (χ3v) is 6.17. The van der Waals surface area contributed by atoms with E-state index in [1.54, 1.807) is 29.3 Å². The van der Waals surface area contributed by atoms with Crippen LogP contribution < -0.4 is 15.6 Å². The summed E-state index contributed by atoms with van der Waals surface area (Å²) < 4.78 is 40.1. The Morgan fingerprint density at radius 3 is 2.47 bits per heavy atom. The number of anilines is 1. The minimum atomic E-state index is -4.58. The molecule has 0 spiro atoms. The van der Waals surface area contributed by atoms with E-state index in [1.165, 1.54) is 12.1 Å². The molecule has 0 saturated heterocycles. The molecule has 10 heteroatoms. The van der Waals surface area contributed by atoms with E-state index in [9.17, 15) is 22.8 Å². The molecule has 1 unspecified atom stereocenters. The summed E-state index contributed by atoms with van der Waals surface area (Å²) in [5, 5.41) is 13.5. The van der Waals surface area contributed by atoms with Gasteiger partial charge in [-0.25, -0.2) is 9.80 Å². The van der Waals surface area contributed by atoms with E-state index in [4.69, 9.17) is 5.26 Å². The van der Waals surface area contributed by atoms with Gasteiger partial charge in [0.05, 0.1) is 46.7 Å². The number of benzene rings is 2. The van der Waals surface area contributed by atoms with E-state index in [1.807, 2.05) is 6.07 Å². The highest BCUT2D eigenvalue weighted by Gasteiger charge is 2.43. The third kappa shape index (κ3) is 4.10. The average Bonchev–Trinajstić information content (AvgIpc) is 3.62. The molecule has 5 rings (SSSR count). The molecule has 2 aromatic carbocycles. The molecule has 3 amide bonds. The van der Waals surface area contributed by atoms with Crippen molar-refractivity contribution in [3.63, 3.8) is 0 Å². The van der Waals surface area contributed by atoms with Crippen molar-refractivity contribution in [2.45, 2.75) is 25.1 Å². The number of halogens is 3. The highest BCUT2D eigenvalue weighted by atomic mass is 19.4. The second-order valence-corrected chi connectivity index (χ2v) is 8.63. The largest absolute Gasteiger partial charge is 0.416 e. The number of nitrogens with one attached hydrogen (secondary N) is 2. The van der Waals surface area contributed by atoms with Crippen molar-refractivity contribution in [2.24, 2.45) is 5.92 Å². The van der Waals surface area contributed by atoms with Crippen molar-refractivity contribution in [1.82, 2.24) is 15.8 Å². The van der Waals surface area contributed by atoms with Crippen LogP contribution in [0.25, 0.3) is 0 Å². The number of hydrogen-bond acceptors (Lipinski definition) is 4. The van der Waals surface area contributed by atoms with Crippen molar-refractivity contribution in [3.8, 4) is 6.07 Å². The average molecular weight is 467 g/mol. The van der Waals surface area contributed by atoms with Crippen LogP contribution in [0.5, 0.6) is 0 Å². The summed E-state index contributed by atoms with van der Waals surface area (Å²) in [5.41, 5.74) is 3.61. The van der Waals surface area contributed by atoms with Crippen LogP contribution in [-0.4, -0.2) is 30.0 Å². The van der Waals surface area contributed by atoms with E-state index in [0.29, 0.717) is 29.3 Å². The van der Waals surface area contributed by atoms with Gasteiger partial charge in [-0.3, -0.25) is 15.1 Å². The molecule has 1 atom stereocenters. The molecule has 0 aromatic heterocycles. The number of amides is 3. The van der Waals surface area contributed by atoms with Gasteiger partial charge in [-0.1, -0.05) is 18.2 Å². The Bertz CT molecular complexity index is 1230. The van der Waals surface area contributed by atoms with Gasteiger partial charge in [0.1, 0.15) is 0 Å². The van der Waals surface area contributed by atoms with Crippen molar-refractivity contribution in [3.05, 3.63) is 76.5 Å². The first kappa shape index (κ1) is 22.0. The van der Waals surface area contributed by atoms with Crippen LogP contribution in [0.3, 0.4) is 0 Å². The highest BCUT2D eigenvalue weighted by Crippen LogP contribution is 2.39. The van der Waals surface area contributed by atoms with E-state index >= 15 is 0 Å². The molecule has 1 saturated carbocycles. The maximum atomic E-state index is 13.4. The number of urea groups is 1. The first-order chi connectivity index (χ1) is 16.2. The number of hydrogen-bond donors (Lipinski definition) is 2. The zero-order valence-electron chi connectivity index (χ0n) is 17.9. The molecular weight excluding hydrogens is 447 g/mol. The van der Waals surface area contributed by atoms with Crippen molar-refractivity contribution < 1.29 is 22.8 Å². The van der Waals surface area contributed by atoms with Crippen molar-refractivity contribution in [1.29, 1.82) is 5.26 Å². The molecule has 0 radical (unpaired) electrons. The van der Waals surface area contributed by atoms with Gasteiger partial charge in [-0.15, -0.1) is 0 Å². The van der Waals surface area contributed by atoms with Crippen LogP contribution in [-0.2, 0) is 11.0 Å². The standard InChI is InChI=1S/C24H20F3N5O2/c25-24(26,27)17-2-1-3-18(10-17)32-19-13-31(12-15-4-5-15)30-22(33)20(19)21(29-23(32)34)16-8-6-14(11-28)7-9-16/h1-3,6-10,15,21H,4-5,12-13H2,(H,29,34)(H,30,33). The zero-order chi connectivity index (χ0) is 24.0. The molecule has 2 aliphatic heterocycles. The number of rotatable bonds is 4. The Morgan fingerprint density at radius 2 is 1.82 bits per heavy atom. The fourth-order valence-corrected chi connectivity index (χ4v) is 4.33. The molecule has 2 N–H and O–H groups in total. The van der Waals surface area contributed by atoms with Gasteiger partial charge in [0.2, 0.25) is 0 Å². The first-order valence-electron chi connectivity index (χ1n) is 10.8. The molecule has 1 aliphatic carbocycles. The van der Waals surface area contributed by atoms with Gasteiger partial charge in [-0.2, -0.15) is 18.4 Å². The topological polar surface area (TPSA) is 88.5 Å². The molecule has 3 aliphatic rings. The lowest BCUT2D eigenvalue weighted by atomic mass is 9.92. The van der Waals surface area contributed by atoms with Crippen LogP contribution in [0.1, 0.15) is 35.6 Å². The summed E-state index contributed by atoms with van der Waals surface area (Å²) in [7, 11) is 0. The number of nitriles is 1. The van der Waals surface area contributed by atoms with E-state index in [-0.39, 0.29) is 17.8 Å². The Balaban J connectivity index is 1.61. The maximum absolute atomic E-state index is 13.4. The van der Waals surface area contributed by atoms with Crippen molar-refractivity contribution in [2.75, 3.05) is 18.0 Å². The van der Waals surface area contributed by atoms with Crippen LogP contribution in [0.4, 0.5) is 23.7 Å². The Labute approximate surface area is 193 Å². The number of carbonyl (C=O) groups excluding carboxylic acids is 2. The first-order valence-corrected chi connectivity index (χ1v) is 10.8. The number of hydrazine groups is 1. The lowest BCUT2D eigenvalue weighted by Gasteiger charge is -2.42. The zero-order valence-corrected chi connectivity index (χ0v) is 17.9. The normalized spacial score (nSPS) is 21.0. The molecule has 7 nitrogen and oxygen atoms in total. The van der Waals surface area contributed by atoms with Gasteiger partial charge < -0.3 is 5.32 Å². The fraction of sp³-hybridized carbons (Fsp3) is 0.292. The highest BCUT2D eigenvalue weighted by molar-refractivity contribution is 6.05. The predicted molar refractivity (Wildman–Crippen MR) is 116 cm³/mol. The molecule has 2 heterocycles. The van der Waals surface area contributed by atoms with E-state index in [2.05, 4.69) is 10.7 Å². The van der Waals surface area contributed by atoms with Crippen LogP contribution in [0, 0.1) is 17.2 Å². The Kier molecular flexibility index (Phi) is 5.29. The lowest BCUT2D eigenvalue weighted by Crippen LogP contribution is -2.59. The van der Waals surface area contributed by atoms with Gasteiger partial charge >= 0.3 is 12.2 Å². The Hall–Kier alpha value is -3.84. The number of nitrogens with zero attached hydrogens (tertiary/aromatic N) is 3. The predicted octanol–water partition coefficient (Wildman–Crippen LogP) is 3.86. The summed E-state index contributed by atoms with van der Waals surface area (Å²) in [6.07, 6.45) is -2.49. The monoisotopic (exact) mass is 467 g/mol. The Morgan fingerprint density at radius 1 is 1.09 bits per heavy atom. The summed E-state index contributed by atoms with van der Waals surface area (Å²) in [5.74, 6) is 0.0180. The second kappa shape index (κ2) is 8.18. The van der Waals surface area contributed by atoms with Crippen LogP contribution in [0.2, 0.25) is 0 Å². The summed E-state index contributed by atoms with van der Waals surface area (Å²) in [6, 6.07) is 11.6. The quantitative estimate of drug-likeness (QED) is 0.715. The van der Waals surface area contributed by atoms with Gasteiger partial charge in [0.25, 0.3) is 5.91 Å². The van der Waals surface area contributed by atoms with Gasteiger partial charge in [-0.05, 0) is 54.7 Å². The molecule has 2 aromatic rings. The maximum Gasteiger partial charge on any atom is 0.416 e. The van der Waals surface area contributed by atoms with Gasteiger partial charge in [0, 0.05) is 6.54 Å². The van der Waals surface area contributed by atoms with Crippen LogP contribution >= 0.6 is 0 Å². The summed E-state index contributed by atoms with van der Waals surface area (Å²) in [6.45, 7) is 0.774. The molecular formula is C24H20F3N5O2. The van der Waals surface area contributed by atoms with Gasteiger partial charge in [0.15, 0.2) is 0 Å². The van der Waals surface area contributed by atoms with E-state index < -0.39 is 29.7 Å². The van der Waals surface area contributed by atoms with Crippen molar-refractivity contribution >= 4 is 17.6 Å². The second-order valence-electron chi connectivity index (χ2n) is 8.63.